The molecule has 1 heterocycles. The molecule has 0 atom stereocenters. The van der Waals surface area contributed by atoms with Crippen LogP contribution in [0.1, 0.15) is 34.1 Å². The molecule has 3 rings (SSSR count). The number of anilines is 2. The maximum atomic E-state index is 12.5. The van der Waals surface area contributed by atoms with E-state index < -0.39 is 5.97 Å². The van der Waals surface area contributed by atoms with Gasteiger partial charge in [-0.3, -0.25) is 19.7 Å². The summed E-state index contributed by atoms with van der Waals surface area (Å²) in [5.41, 5.74) is 1.28. The summed E-state index contributed by atoms with van der Waals surface area (Å²) in [5.74, 6) is -0.536. The highest BCUT2D eigenvalue weighted by Gasteiger charge is 2.14. The Bertz CT molecular complexity index is 1050. The molecular formula is C21H19N3O5S. The molecule has 0 unspecified atom stereocenters. The molecule has 154 valence electrons. The number of benzene rings is 2. The zero-order chi connectivity index (χ0) is 21.5. The smallest absolute Gasteiger partial charge is 0.311 e. The van der Waals surface area contributed by atoms with Crippen LogP contribution in [0.5, 0.6) is 11.5 Å². The van der Waals surface area contributed by atoms with Crippen LogP contribution in [-0.2, 0) is 4.79 Å². The molecule has 8 nitrogen and oxygen atoms in total. The van der Waals surface area contributed by atoms with E-state index in [0.717, 1.165) is 0 Å². The molecule has 0 fully saturated rings. The van der Waals surface area contributed by atoms with E-state index in [1.807, 2.05) is 0 Å². The van der Waals surface area contributed by atoms with Crippen LogP contribution in [0.25, 0.3) is 0 Å². The predicted molar refractivity (Wildman–Crippen MR) is 113 cm³/mol. The van der Waals surface area contributed by atoms with Crippen molar-refractivity contribution in [2.24, 2.45) is 0 Å². The van der Waals surface area contributed by atoms with Crippen LogP contribution >= 0.6 is 11.3 Å². The van der Waals surface area contributed by atoms with Crippen LogP contribution in [-0.4, -0.2) is 29.9 Å². The minimum Gasteiger partial charge on any atom is -0.493 e. The maximum absolute atomic E-state index is 12.5. The molecule has 0 saturated carbocycles. The molecule has 0 bridgehead atoms. The van der Waals surface area contributed by atoms with Crippen LogP contribution in [0.15, 0.2) is 54.0 Å². The summed E-state index contributed by atoms with van der Waals surface area (Å²) in [6.45, 7) is 1.69. The van der Waals surface area contributed by atoms with Gasteiger partial charge in [0.1, 0.15) is 0 Å². The molecule has 1 aromatic heterocycles. The predicted octanol–water partition coefficient (Wildman–Crippen LogP) is 3.97. The Hall–Kier alpha value is -3.72. The molecular weight excluding hydrogens is 406 g/mol. The first kappa shape index (κ1) is 21.0. The molecule has 0 aliphatic carbocycles. The van der Waals surface area contributed by atoms with E-state index in [2.05, 4.69) is 15.6 Å². The highest BCUT2D eigenvalue weighted by atomic mass is 32.1. The number of esters is 1. The number of hydrogen-bond donors (Lipinski definition) is 2. The van der Waals surface area contributed by atoms with Gasteiger partial charge in [-0.15, -0.1) is 11.3 Å². The van der Waals surface area contributed by atoms with Gasteiger partial charge in [0.05, 0.1) is 7.11 Å². The molecule has 3 aromatic rings. The van der Waals surface area contributed by atoms with Gasteiger partial charge in [-0.2, -0.15) is 0 Å². The Balaban J connectivity index is 1.66. The lowest BCUT2D eigenvalue weighted by molar-refractivity contribution is -0.134. The van der Waals surface area contributed by atoms with Crippen molar-refractivity contribution >= 4 is 39.9 Å². The number of nitrogens with zero attached hydrogens (tertiary/aromatic N) is 1. The third kappa shape index (κ3) is 5.21. The summed E-state index contributed by atoms with van der Waals surface area (Å²) in [5, 5.41) is 7.72. The minimum absolute atomic E-state index is 0.225. The Labute approximate surface area is 176 Å². The first-order chi connectivity index (χ1) is 14.5. The second-order valence-corrected chi connectivity index (χ2v) is 6.91. The van der Waals surface area contributed by atoms with Crippen molar-refractivity contribution in [3.63, 3.8) is 0 Å². The SMILES string of the molecule is CCC(=O)Oc1ccc(C(=O)Nc2ccc(C(=O)Nc3nccs3)cc2)cc1OC. The van der Waals surface area contributed by atoms with E-state index in [4.69, 9.17) is 9.47 Å². The number of amides is 2. The van der Waals surface area contributed by atoms with Gasteiger partial charge in [-0.1, -0.05) is 6.92 Å². The van der Waals surface area contributed by atoms with Crippen molar-refractivity contribution in [3.05, 3.63) is 65.2 Å². The quantitative estimate of drug-likeness (QED) is 0.438. The van der Waals surface area contributed by atoms with Crippen LogP contribution in [0.2, 0.25) is 0 Å². The number of carbonyl (C=O) groups is 3. The average Bonchev–Trinajstić information content (AvgIpc) is 3.27. The van der Waals surface area contributed by atoms with Crippen molar-refractivity contribution in [3.8, 4) is 11.5 Å². The lowest BCUT2D eigenvalue weighted by Gasteiger charge is -2.11. The highest BCUT2D eigenvalue weighted by molar-refractivity contribution is 7.13. The highest BCUT2D eigenvalue weighted by Crippen LogP contribution is 2.29. The van der Waals surface area contributed by atoms with Crippen molar-refractivity contribution in [1.29, 1.82) is 0 Å². The largest absolute Gasteiger partial charge is 0.493 e. The van der Waals surface area contributed by atoms with Crippen molar-refractivity contribution in [2.75, 3.05) is 17.7 Å². The van der Waals surface area contributed by atoms with Crippen LogP contribution in [0.4, 0.5) is 10.8 Å². The Morgan fingerprint density at radius 2 is 1.67 bits per heavy atom. The maximum Gasteiger partial charge on any atom is 0.311 e. The summed E-state index contributed by atoms with van der Waals surface area (Å²) in [6, 6.07) is 11.0. The first-order valence-electron chi connectivity index (χ1n) is 9.01. The second kappa shape index (κ2) is 9.66. The molecule has 2 N–H and O–H groups in total. The zero-order valence-corrected chi connectivity index (χ0v) is 17.1. The lowest BCUT2D eigenvalue weighted by atomic mass is 10.1. The van der Waals surface area contributed by atoms with E-state index in [1.54, 1.807) is 42.8 Å². The topological polar surface area (TPSA) is 107 Å². The van der Waals surface area contributed by atoms with E-state index in [1.165, 1.54) is 36.6 Å². The number of rotatable bonds is 7. The third-order valence-electron chi connectivity index (χ3n) is 4.00. The number of aromatic nitrogens is 1. The number of ether oxygens (including phenoxy) is 2. The van der Waals surface area contributed by atoms with Gasteiger partial charge in [-0.25, -0.2) is 4.98 Å². The average molecular weight is 425 g/mol. The third-order valence-corrected chi connectivity index (χ3v) is 4.68. The Morgan fingerprint density at radius 3 is 2.30 bits per heavy atom. The number of thiazole rings is 1. The fraction of sp³-hybridized carbons (Fsp3) is 0.143. The van der Waals surface area contributed by atoms with Crippen molar-refractivity contribution in [1.82, 2.24) is 4.98 Å². The Kier molecular flexibility index (Phi) is 6.76. The molecule has 9 heteroatoms. The fourth-order valence-corrected chi connectivity index (χ4v) is 2.97. The summed E-state index contributed by atoms with van der Waals surface area (Å²) < 4.78 is 10.4. The number of carbonyl (C=O) groups excluding carboxylic acids is 3. The summed E-state index contributed by atoms with van der Waals surface area (Å²) >= 11 is 1.33. The molecule has 30 heavy (non-hydrogen) atoms. The molecule has 2 aromatic carbocycles. The van der Waals surface area contributed by atoms with Gasteiger partial charge in [0, 0.05) is 34.8 Å². The van der Waals surface area contributed by atoms with Gasteiger partial charge in [0.25, 0.3) is 11.8 Å². The fourth-order valence-electron chi connectivity index (χ4n) is 2.45. The van der Waals surface area contributed by atoms with Crippen LogP contribution < -0.4 is 20.1 Å². The monoisotopic (exact) mass is 425 g/mol. The van der Waals surface area contributed by atoms with Gasteiger partial charge in [0.15, 0.2) is 16.6 Å². The summed E-state index contributed by atoms with van der Waals surface area (Å²) in [4.78, 5) is 40.2. The molecule has 2 amide bonds. The molecule has 0 saturated heterocycles. The standard InChI is InChI=1S/C21H19N3O5S/c1-3-18(25)29-16-9-6-14(12-17(16)28-2)20(27)23-15-7-4-13(5-8-15)19(26)24-21-22-10-11-30-21/h4-12H,3H2,1-2H3,(H,23,27)(H,22,24,26). The number of nitrogens with one attached hydrogen (secondary N) is 2. The van der Waals surface area contributed by atoms with E-state index in [-0.39, 0.29) is 29.7 Å². The lowest BCUT2D eigenvalue weighted by Crippen LogP contribution is -2.14. The van der Waals surface area contributed by atoms with Crippen LogP contribution in [0.3, 0.4) is 0 Å². The first-order valence-corrected chi connectivity index (χ1v) is 9.89. The summed E-state index contributed by atoms with van der Waals surface area (Å²) in [6.07, 6.45) is 1.83. The van der Waals surface area contributed by atoms with Crippen LogP contribution in [0, 0.1) is 0 Å². The van der Waals surface area contributed by atoms with Gasteiger partial charge in [-0.05, 0) is 42.5 Å². The minimum atomic E-state index is -0.399. The van der Waals surface area contributed by atoms with Gasteiger partial charge < -0.3 is 14.8 Å². The normalized spacial score (nSPS) is 10.2. The second-order valence-electron chi connectivity index (χ2n) is 6.02. The van der Waals surface area contributed by atoms with Crippen molar-refractivity contribution in [2.45, 2.75) is 13.3 Å². The van der Waals surface area contributed by atoms with Crippen molar-refractivity contribution < 1.29 is 23.9 Å². The zero-order valence-electron chi connectivity index (χ0n) is 16.3. The Morgan fingerprint density at radius 1 is 0.967 bits per heavy atom. The number of hydrogen-bond acceptors (Lipinski definition) is 7. The molecule has 0 spiro atoms. The van der Waals surface area contributed by atoms with E-state index in [9.17, 15) is 14.4 Å². The van der Waals surface area contributed by atoms with Gasteiger partial charge >= 0.3 is 5.97 Å². The van der Waals surface area contributed by atoms with E-state index >= 15 is 0 Å². The summed E-state index contributed by atoms with van der Waals surface area (Å²) in [7, 11) is 1.43. The molecule has 0 radical (unpaired) electrons. The molecule has 0 aliphatic heterocycles. The number of methoxy groups -OCH3 is 1. The van der Waals surface area contributed by atoms with Gasteiger partial charge in [0.2, 0.25) is 0 Å². The molecule has 0 aliphatic rings. The van der Waals surface area contributed by atoms with E-state index in [0.29, 0.717) is 21.9 Å².